The molecule has 70 valence electrons. The van der Waals surface area contributed by atoms with Crippen molar-refractivity contribution >= 4 is 20.6 Å². The zero-order valence-corrected chi connectivity index (χ0v) is 9.44. The highest BCUT2D eigenvalue weighted by atomic mass is 79.9. The molecule has 0 atom stereocenters. The molecule has 0 amide bonds. The van der Waals surface area contributed by atoms with Crippen LogP contribution in [-0.4, -0.2) is 11.8 Å². The first-order valence-electron chi connectivity index (χ1n) is 3.92. The summed E-state index contributed by atoms with van der Waals surface area (Å²) in [7, 11) is 1.62. The molecule has 1 rings (SSSR count). The monoisotopic (exact) mass is 242 g/mol. The van der Waals surface area contributed by atoms with Gasteiger partial charge in [-0.1, -0.05) is 0 Å². The molecule has 0 aliphatic rings. The fourth-order valence-corrected chi connectivity index (χ4v) is 1.66. The van der Waals surface area contributed by atoms with Crippen molar-refractivity contribution in [2.45, 2.75) is 13.8 Å². The second-order valence-electron chi connectivity index (χ2n) is 2.84. The van der Waals surface area contributed by atoms with Crippen LogP contribution in [0.2, 0.25) is 0 Å². The van der Waals surface area contributed by atoms with Gasteiger partial charge in [-0.15, -0.1) is 0 Å². The van der Waals surface area contributed by atoms with Gasteiger partial charge in [-0.3, -0.25) is 4.79 Å². The quantitative estimate of drug-likeness (QED) is 0.746. The Hall–Kier alpha value is -0.830. The average molecular weight is 243 g/mol. The van der Waals surface area contributed by atoms with Crippen molar-refractivity contribution in [2.75, 3.05) is 7.11 Å². The van der Waals surface area contributed by atoms with Crippen molar-refractivity contribution in [1.29, 1.82) is 0 Å². The van der Waals surface area contributed by atoms with Gasteiger partial charge in [0.1, 0.15) is 5.75 Å². The summed E-state index contributed by atoms with van der Waals surface area (Å²) in [6, 6.07) is 3.56. The number of hydrogen-bond donors (Lipinski definition) is 0. The van der Waals surface area contributed by atoms with Crippen molar-refractivity contribution in [2.24, 2.45) is 0 Å². The maximum Gasteiger partial charge on any atom is 0.228 e. The molecule has 0 unspecified atom stereocenters. The number of carbonyl (C=O) groups is 1. The summed E-state index contributed by atoms with van der Waals surface area (Å²) in [4.78, 5) is 11.1. The normalized spacial score (nSPS) is 9.85. The Balaban J connectivity index is 3.31. The number of hydrogen-bond acceptors (Lipinski definition) is 2. The Morgan fingerprint density at radius 1 is 1.31 bits per heavy atom. The fraction of sp³-hybridized carbons (Fsp3) is 0.300. The molecule has 0 aliphatic heterocycles. The molecule has 0 saturated carbocycles. The topological polar surface area (TPSA) is 26.3 Å². The molecule has 1 aromatic rings. The standard InChI is InChI=1S/C10H11BrO2/c1-6-7(2)9(13-3)5-4-8(6)10(11)12/h4-5H,1-3H3. The first-order valence-corrected chi connectivity index (χ1v) is 4.71. The molecule has 13 heavy (non-hydrogen) atoms. The van der Waals surface area contributed by atoms with Gasteiger partial charge in [-0.05, 0) is 53.0 Å². The van der Waals surface area contributed by atoms with E-state index in [0.717, 1.165) is 16.9 Å². The van der Waals surface area contributed by atoms with Crippen LogP contribution >= 0.6 is 15.9 Å². The Bertz CT molecular complexity index is 345. The molecule has 0 saturated heterocycles. The third-order valence-electron chi connectivity index (χ3n) is 2.17. The summed E-state index contributed by atoms with van der Waals surface area (Å²) >= 11 is 2.93. The second-order valence-corrected chi connectivity index (χ2v) is 3.56. The number of methoxy groups -OCH3 is 1. The first kappa shape index (κ1) is 10.3. The molecular formula is C10H11BrO2. The van der Waals surface area contributed by atoms with Gasteiger partial charge in [0.05, 0.1) is 7.11 Å². The molecule has 2 nitrogen and oxygen atoms in total. The Kier molecular flexibility index (Phi) is 3.09. The first-order chi connectivity index (χ1) is 6.07. The van der Waals surface area contributed by atoms with Gasteiger partial charge < -0.3 is 4.74 Å². The number of benzene rings is 1. The lowest BCUT2D eigenvalue weighted by atomic mass is 10.0. The van der Waals surface area contributed by atoms with E-state index in [2.05, 4.69) is 15.9 Å². The van der Waals surface area contributed by atoms with Gasteiger partial charge in [-0.25, -0.2) is 0 Å². The third-order valence-corrected chi connectivity index (χ3v) is 2.60. The number of rotatable bonds is 2. The lowest BCUT2D eigenvalue weighted by molar-refractivity contribution is 0.109. The predicted molar refractivity (Wildman–Crippen MR) is 55.7 cm³/mol. The molecule has 0 aromatic heterocycles. The van der Waals surface area contributed by atoms with Gasteiger partial charge in [0.15, 0.2) is 0 Å². The van der Waals surface area contributed by atoms with Crippen LogP contribution in [0.3, 0.4) is 0 Å². The number of carbonyl (C=O) groups excluding carboxylic acids is 1. The fourth-order valence-electron chi connectivity index (χ4n) is 1.23. The highest BCUT2D eigenvalue weighted by molar-refractivity contribution is 9.18. The van der Waals surface area contributed by atoms with Gasteiger partial charge in [0.2, 0.25) is 4.69 Å². The maximum absolute atomic E-state index is 11.1. The van der Waals surface area contributed by atoms with Crippen molar-refractivity contribution in [3.8, 4) is 5.75 Å². The van der Waals surface area contributed by atoms with Crippen LogP contribution in [0.15, 0.2) is 12.1 Å². The lowest BCUT2D eigenvalue weighted by Crippen LogP contribution is -1.97. The summed E-state index contributed by atoms with van der Waals surface area (Å²) in [5.41, 5.74) is 2.66. The van der Waals surface area contributed by atoms with Crippen LogP contribution in [-0.2, 0) is 0 Å². The van der Waals surface area contributed by atoms with Gasteiger partial charge >= 0.3 is 0 Å². The lowest BCUT2D eigenvalue weighted by Gasteiger charge is -2.09. The molecular weight excluding hydrogens is 232 g/mol. The van der Waals surface area contributed by atoms with Crippen molar-refractivity contribution in [3.63, 3.8) is 0 Å². The van der Waals surface area contributed by atoms with Crippen molar-refractivity contribution in [3.05, 3.63) is 28.8 Å². The van der Waals surface area contributed by atoms with Crippen molar-refractivity contribution in [1.82, 2.24) is 0 Å². The molecule has 0 N–H and O–H groups in total. The molecule has 0 fully saturated rings. The van der Waals surface area contributed by atoms with E-state index in [1.807, 2.05) is 13.8 Å². The van der Waals surface area contributed by atoms with Gasteiger partial charge in [-0.2, -0.15) is 0 Å². The van der Waals surface area contributed by atoms with Crippen LogP contribution in [0.1, 0.15) is 21.5 Å². The molecule has 0 bridgehead atoms. The summed E-state index contributed by atoms with van der Waals surface area (Å²) in [5.74, 6) is 0.815. The molecule has 1 aromatic carbocycles. The maximum atomic E-state index is 11.1. The average Bonchev–Trinajstić information content (AvgIpc) is 2.09. The van der Waals surface area contributed by atoms with E-state index in [9.17, 15) is 4.79 Å². The smallest absolute Gasteiger partial charge is 0.228 e. The van der Waals surface area contributed by atoms with Crippen LogP contribution < -0.4 is 4.74 Å². The molecule has 3 heteroatoms. The Morgan fingerprint density at radius 2 is 1.92 bits per heavy atom. The predicted octanol–water partition coefficient (Wildman–Crippen LogP) is 2.85. The summed E-state index contributed by atoms with van der Waals surface area (Å²) in [6.07, 6.45) is 0. The highest BCUT2D eigenvalue weighted by Gasteiger charge is 2.10. The van der Waals surface area contributed by atoms with E-state index in [-0.39, 0.29) is 4.69 Å². The second kappa shape index (κ2) is 3.92. The minimum atomic E-state index is -0.0873. The number of halogens is 1. The minimum Gasteiger partial charge on any atom is -0.496 e. The third kappa shape index (κ3) is 1.91. The molecule has 0 heterocycles. The number of ether oxygens (including phenoxy) is 1. The van der Waals surface area contributed by atoms with E-state index >= 15 is 0 Å². The Morgan fingerprint density at radius 3 is 2.38 bits per heavy atom. The summed E-state index contributed by atoms with van der Waals surface area (Å²) in [6.45, 7) is 3.85. The van der Waals surface area contributed by atoms with E-state index in [4.69, 9.17) is 4.74 Å². The van der Waals surface area contributed by atoms with E-state index in [1.54, 1.807) is 19.2 Å². The Labute approximate surface area is 86.0 Å². The molecule has 0 spiro atoms. The highest BCUT2D eigenvalue weighted by Crippen LogP contribution is 2.24. The largest absolute Gasteiger partial charge is 0.496 e. The zero-order chi connectivity index (χ0) is 10.0. The van der Waals surface area contributed by atoms with E-state index < -0.39 is 0 Å². The van der Waals surface area contributed by atoms with Crippen LogP contribution in [0, 0.1) is 13.8 Å². The van der Waals surface area contributed by atoms with Crippen LogP contribution in [0.4, 0.5) is 0 Å². The summed E-state index contributed by atoms with van der Waals surface area (Å²) in [5, 5.41) is 0. The molecule has 0 radical (unpaired) electrons. The van der Waals surface area contributed by atoms with Crippen molar-refractivity contribution < 1.29 is 9.53 Å². The van der Waals surface area contributed by atoms with E-state index in [0.29, 0.717) is 5.56 Å². The minimum absolute atomic E-state index is 0.0873. The van der Waals surface area contributed by atoms with Crippen LogP contribution in [0.5, 0.6) is 5.75 Å². The van der Waals surface area contributed by atoms with E-state index in [1.165, 1.54) is 0 Å². The van der Waals surface area contributed by atoms with Crippen LogP contribution in [0.25, 0.3) is 0 Å². The molecule has 0 aliphatic carbocycles. The zero-order valence-electron chi connectivity index (χ0n) is 7.85. The SMILES string of the molecule is COc1ccc(C(=O)Br)c(C)c1C. The van der Waals surface area contributed by atoms with Gasteiger partial charge in [0.25, 0.3) is 0 Å². The van der Waals surface area contributed by atoms with Gasteiger partial charge in [0, 0.05) is 5.56 Å². The summed E-state index contributed by atoms with van der Waals surface area (Å²) < 4.78 is 5.05.